The van der Waals surface area contributed by atoms with E-state index in [1.807, 2.05) is 12.5 Å². The molecule has 3 saturated carbocycles. The molecular weight excluding hydrogens is 256 g/mol. The molecule has 0 N–H and O–H groups in total. The van der Waals surface area contributed by atoms with Gasteiger partial charge in [-0.05, 0) is 93.8 Å². The summed E-state index contributed by atoms with van der Waals surface area (Å²) in [6.07, 6.45) is 16.1. The maximum atomic E-state index is 12.2. The first-order valence-corrected chi connectivity index (χ1v) is 9.29. The molecule has 1 nitrogen and oxygen atoms in total. The number of ketones is 1. The number of fused-ring (bicyclic) bond motifs is 1. The van der Waals surface area contributed by atoms with Gasteiger partial charge < -0.3 is 0 Å². The average Bonchev–Trinajstić information content (AvgIpc) is 2.84. The summed E-state index contributed by atoms with van der Waals surface area (Å²) >= 11 is 0. The van der Waals surface area contributed by atoms with Crippen LogP contribution in [0.3, 0.4) is 0 Å². The van der Waals surface area contributed by atoms with Crippen LogP contribution < -0.4 is 0 Å². The highest BCUT2D eigenvalue weighted by Gasteiger charge is 2.63. The van der Waals surface area contributed by atoms with Gasteiger partial charge in [0.05, 0.1) is 0 Å². The average molecular weight is 286 g/mol. The van der Waals surface area contributed by atoms with Crippen molar-refractivity contribution in [3.63, 3.8) is 0 Å². The lowest BCUT2D eigenvalue weighted by atomic mass is 9.44. The molecule has 3 fully saturated rings. The van der Waals surface area contributed by atoms with E-state index in [1.54, 1.807) is 0 Å². The number of carbonyl (C=O) groups is 1. The van der Waals surface area contributed by atoms with Gasteiger partial charge in [-0.3, -0.25) is 4.79 Å². The molecule has 0 bridgehead atoms. The van der Waals surface area contributed by atoms with Crippen molar-refractivity contribution in [2.75, 3.05) is 0 Å². The fraction of sp³-hybridized carbons (Fsp3) is 0.850. The second kappa shape index (κ2) is 4.70. The fourth-order valence-electron chi connectivity index (χ4n) is 7.29. The summed E-state index contributed by atoms with van der Waals surface area (Å²) < 4.78 is 0. The van der Waals surface area contributed by atoms with Gasteiger partial charge in [0.25, 0.3) is 0 Å². The van der Waals surface area contributed by atoms with Crippen molar-refractivity contribution in [1.29, 1.82) is 0 Å². The molecule has 4 aliphatic carbocycles. The number of carbonyl (C=O) groups excluding carboxylic acids is 1. The molecular formula is C20H30O. The van der Waals surface area contributed by atoms with Gasteiger partial charge in [-0.15, -0.1) is 0 Å². The first-order chi connectivity index (χ1) is 10.1. The zero-order valence-corrected chi connectivity index (χ0v) is 13.8. The second-order valence-electron chi connectivity index (χ2n) is 8.59. The molecule has 5 atom stereocenters. The van der Waals surface area contributed by atoms with Crippen LogP contribution in [0.2, 0.25) is 0 Å². The Hall–Kier alpha value is -0.590. The van der Waals surface area contributed by atoms with Gasteiger partial charge in [0.15, 0.2) is 0 Å². The quantitative estimate of drug-likeness (QED) is 0.598. The summed E-state index contributed by atoms with van der Waals surface area (Å²) in [5, 5.41) is 0. The maximum Gasteiger partial charge on any atom is 0.133 e. The van der Waals surface area contributed by atoms with Crippen LogP contribution in [0.4, 0.5) is 0 Å². The van der Waals surface area contributed by atoms with Crippen molar-refractivity contribution in [2.24, 2.45) is 28.6 Å². The molecule has 0 saturated heterocycles. The number of Topliss-reactive ketones (excluding diaryl/α,β-unsaturated/α-hetero) is 1. The number of hydrogen-bond acceptors (Lipinski definition) is 1. The summed E-state index contributed by atoms with van der Waals surface area (Å²) in [6, 6.07) is 0. The van der Waals surface area contributed by atoms with E-state index >= 15 is 0 Å². The van der Waals surface area contributed by atoms with Gasteiger partial charge in [-0.2, -0.15) is 0 Å². The van der Waals surface area contributed by atoms with Gasteiger partial charge in [0.2, 0.25) is 0 Å². The Kier molecular flexibility index (Phi) is 3.14. The molecule has 0 unspecified atom stereocenters. The molecule has 0 aromatic carbocycles. The molecule has 0 aromatic rings. The molecule has 0 aliphatic heterocycles. The van der Waals surface area contributed by atoms with Crippen molar-refractivity contribution in [3.8, 4) is 0 Å². The molecule has 116 valence electrons. The van der Waals surface area contributed by atoms with Gasteiger partial charge >= 0.3 is 0 Å². The SMILES string of the molecule is CC(=O)[C@@H]1CC[C@H]2[C@@]1(C)CC[C@@H]1CCCC3=CCCC[C@]312. The Morgan fingerprint density at radius 2 is 2.00 bits per heavy atom. The standard InChI is InChI=1S/C20H30O/c1-14(21)17-9-10-18-19(17,2)13-11-16-8-5-7-15-6-3-4-12-20(15,16)18/h6,16-18H,3-5,7-13H2,1-2H3/t16-,17-,18-,19-,20-/m0/s1. The Bertz CT molecular complexity index is 490. The third-order valence-electron chi connectivity index (χ3n) is 7.99. The van der Waals surface area contributed by atoms with Crippen LogP contribution in [-0.2, 0) is 4.79 Å². The Morgan fingerprint density at radius 3 is 2.81 bits per heavy atom. The van der Waals surface area contributed by atoms with E-state index in [0.717, 1.165) is 18.3 Å². The first kappa shape index (κ1) is 14.0. The van der Waals surface area contributed by atoms with Crippen LogP contribution in [0, 0.1) is 28.6 Å². The van der Waals surface area contributed by atoms with Crippen LogP contribution in [0.5, 0.6) is 0 Å². The van der Waals surface area contributed by atoms with E-state index in [9.17, 15) is 4.79 Å². The summed E-state index contributed by atoms with van der Waals surface area (Å²) in [5.74, 6) is 2.54. The number of rotatable bonds is 1. The van der Waals surface area contributed by atoms with Gasteiger partial charge in [-0.25, -0.2) is 0 Å². The molecule has 4 rings (SSSR count). The van der Waals surface area contributed by atoms with Gasteiger partial charge in [0.1, 0.15) is 5.78 Å². The largest absolute Gasteiger partial charge is 0.300 e. The normalized spacial score (nSPS) is 48.9. The van der Waals surface area contributed by atoms with E-state index in [4.69, 9.17) is 0 Å². The van der Waals surface area contributed by atoms with E-state index < -0.39 is 0 Å². The molecule has 1 heteroatoms. The monoisotopic (exact) mass is 286 g/mol. The molecule has 1 spiro atoms. The van der Waals surface area contributed by atoms with Crippen molar-refractivity contribution >= 4 is 5.78 Å². The zero-order chi connectivity index (χ0) is 14.7. The van der Waals surface area contributed by atoms with E-state index in [0.29, 0.717) is 22.5 Å². The molecule has 0 radical (unpaired) electrons. The minimum absolute atomic E-state index is 0.302. The predicted octanol–water partition coefficient (Wildman–Crippen LogP) is 5.30. The fourth-order valence-corrected chi connectivity index (χ4v) is 7.29. The van der Waals surface area contributed by atoms with Crippen molar-refractivity contribution in [1.82, 2.24) is 0 Å². The second-order valence-corrected chi connectivity index (χ2v) is 8.59. The molecule has 0 aromatic heterocycles. The summed E-state index contributed by atoms with van der Waals surface area (Å²) in [5.41, 5.74) is 2.63. The highest BCUT2D eigenvalue weighted by molar-refractivity contribution is 5.79. The minimum Gasteiger partial charge on any atom is -0.300 e. The van der Waals surface area contributed by atoms with E-state index in [1.165, 1.54) is 57.8 Å². The van der Waals surface area contributed by atoms with Crippen LogP contribution in [0.15, 0.2) is 11.6 Å². The number of allylic oxidation sites excluding steroid dienone is 2. The summed E-state index contributed by atoms with van der Waals surface area (Å²) in [7, 11) is 0. The van der Waals surface area contributed by atoms with Crippen molar-refractivity contribution in [3.05, 3.63) is 11.6 Å². The van der Waals surface area contributed by atoms with Gasteiger partial charge in [0, 0.05) is 5.92 Å². The summed E-state index contributed by atoms with van der Waals surface area (Å²) in [6.45, 7) is 4.32. The van der Waals surface area contributed by atoms with E-state index in [2.05, 4.69) is 13.0 Å². The highest BCUT2D eigenvalue weighted by Crippen LogP contribution is 2.70. The first-order valence-electron chi connectivity index (χ1n) is 9.29. The molecule has 0 heterocycles. The van der Waals surface area contributed by atoms with Crippen molar-refractivity contribution in [2.45, 2.75) is 78.1 Å². The van der Waals surface area contributed by atoms with Crippen LogP contribution in [-0.4, -0.2) is 5.78 Å². The lowest BCUT2D eigenvalue weighted by Gasteiger charge is -2.60. The lowest BCUT2D eigenvalue weighted by Crippen LogP contribution is -2.53. The smallest absolute Gasteiger partial charge is 0.133 e. The van der Waals surface area contributed by atoms with Gasteiger partial charge in [-0.1, -0.05) is 18.6 Å². The Morgan fingerprint density at radius 1 is 1.14 bits per heavy atom. The third-order valence-corrected chi connectivity index (χ3v) is 7.99. The predicted molar refractivity (Wildman–Crippen MR) is 85.9 cm³/mol. The van der Waals surface area contributed by atoms with Crippen molar-refractivity contribution < 1.29 is 4.79 Å². The summed E-state index contributed by atoms with van der Waals surface area (Å²) in [4.78, 5) is 12.2. The Balaban J connectivity index is 1.80. The zero-order valence-electron chi connectivity index (χ0n) is 13.8. The van der Waals surface area contributed by atoms with Crippen LogP contribution in [0.1, 0.15) is 78.1 Å². The molecule has 4 aliphatic rings. The number of hydrogen-bond donors (Lipinski definition) is 0. The third kappa shape index (κ3) is 1.72. The van der Waals surface area contributed by atoms with Crippen LogP contribution >= 0.6 is 0 Å². The topological polar surface area (TPSA) is 17.1 Å². The Labute approximate surface area is 129 Å². The maximum absolute atomic E-state index is 12.2. The lowest BCUT2D eigenvalue weighted by molar-refractivity contribution is -0.129. The minimum atomic E-state index is 0.302. The van der Waals surface area contributed by atoms with Crippen LogP contribution in [0.25, 0.3) is 0 Å². The molecule has 21 heavy (non-hydrogen) atoms. The highest BCUT2D eigenvalue weighted by atomic mass is 16.1. The molecule has 0 amide bonds. The van der Waals surface area contributed by atoms with E-state index in [-0.39, 0.29) is 0 Å².